The maximum atomic E-state index is 12.2. The molecule has 1 aliphatic heterocycles. The van der Waals surface area contributed by atoms with Crippen LogP contribution in [0.1, 0.15) is 31.4 Å². The van der Waals surface area contributed by atoms with Gasteiger partial charge >= 0.3 is 0 Å². The molecule has 1 heterocycles. The molecule has 2 N–H and O–H groups in total. The second-order valence-corrected chi connectivity index (χ2v) is 5.58. The van der Waals surface area contributed by atoms with Crippen molar-refractivity contribution < 1.29 is 4.79 Å². The normalized spacial score (nSPS) is 16.0. The molecule has 0 fully saturated rings. The first-order valence-electron chi connectivity index (χ1n) is 8.04. The summed E-state index contributed by atoms with van der Waals surface area (Å²) in [5.41, 5.74) is 2.60. The molecule has 1 atom stereocenters. The van der Waals surface area contributed by atoms with E-state index in [4.69, 9.17) is 0 Å². The number of carbonyl (C=O) groups excluding carboxylic acids is 1. The van der Waals surface area contributed by atoms with Crippen LogP contribution in [-0.4, -0.2) is 43.0 Å². The Balaban J connectivity index is 0.00000242. The number of fused-ring (bicyclic) bond motifs is 1. The Morgan fingerprint density at radius 3 is 2.52 bits per heavy atom. The van der Waals surface area contributed by atoms with Gasteiger partial charge in [-0.15, -0.1) is 24.8 Å². The summed E-state index contributed by atoms with van der Waals surface area (Å²) >= 11 is 0. The van der Waals surface area contributed by atoms with Crippen LogP contribution in [0, 0.1) is 0 Å². The van der Waals surface area contributed by atoms with Crippen molar-refractivity contribution in [2.24, 2.45) is 0 Å². The van der Waals surface area contributed by atoms with Gasteiger partial charge in [-0.2, -0.15) is 0 Å². The zero-order chi connectivity index (χ0) is 15.1. The Labute approximate surface area is 152 Å². The summed E-state index contributed by atoms with van der Waals surface area (Å²) < 4.78 is 0. The fourth-order valence-electron chi connectivity index (χ4n) is 2.82. The average molecular weight is 362 g/mol. The van der Waals surface area contributed by atoms with E-state index < -0.39 is 0 Å². The first-order valence-corrected chi connectivity index (χ1v) is 8.04. The predicted molar refractivity (Wildman–Crippen MR) is 101 cm³/mol. The van der Waals surface area contributed by atoms with Crippen LogP contribution in [0.15, 0.2) is 24.3 Å². The summed E-state index contributed by atoms with van der Waals surface area (Å²) in [4.78, 5) is 14.6. The highest BCUT2D eigenvalue weighted by molar-refractivity contribution is 5.85. The van der Waals surface area contributed by atoms with Crippen LogP contribution in [0.3, 0.4) is 0 Å². The molecule has 6 heteroatoms. The third-order valence-electron chi connectivity index (χ3n) is 4.24. The van der Waals surface area contributed by atoms with Crippen LogP contribution >= 0.6 is 24.8 Å². The molecule has 1 aromatic rings. The molecule has 0 bridgehead atoms. The number of halogens is 2. The van der Waals surface area contributed by atoms with Crippen LogP contribution in [0.4, 0.5) is 0 Å². The zero-order valence-corrected chi connectivity index (χ0v) is 15.6. The molecule has 1 amide bonds. The lowest BCUT2D eigenvalue weighted by molar-refractivity contribution is -0.123. The quantitative estimate of drug-likeness (QED) is 0.732. The number of rotatable bonds is 7. The molecule has 132 valence electrons. The first-order chi connectivity index (χ1) is 10.2. The van der Waals surface area contributed by atoms with E-state index in [0.717, 1.165) is 45.6 Å². The monoisotopic (exact) mass is 361 g/mol. The van der Waals surface area contributed by atoms with Gasteiger partial charge < -0.3 is 15.5 Å². The lowest BCUT2D eigenvalue weighted by Crippen LogP contribution is -2.48. The summed E-state index contributed by atoms with van der Waals surface area (Å²) in [6.45, 7) is 9.09. The van der Waals surface area contributed by atoms with Gasteiger partial charge in [-0.3, -0.25) is 4.79 Å². The highest BCUT2D eigenvalue weighted by Crippen LogP contribution is 2.16. The van der Waals surface area contributed by atoms with Gasteiger partial charge in [0.05, 0.1) is 6.04 Å². The van der Waals surface area contributed by atoms with Crippen molar-refractivity contribution in [2.45, 2.75) is 39.3 Å². The van der Waals surface area contributed by atoms with Gasteiger partial charge in [0, 0.05) is 13.1 Å². The standard InChI is InChI=1S/C17H27N3O.2ClH/c1-3-20(4-2)11-7-10-18-17(21)16-12-14-8-5-6-9-15(14)13-19-16;;/h5-6,8-9,16,19H,3-4,7,10-13H2,1-2H3,(H,18,21);2*1H. The molecule has 0 saturated carbocycles. The Hall–Kier alpha value is -0.810. The van der Waals surface area contributed by atoms with Gasteiger partial charge in [0.15, 0.2) is 0 Å². The summed E-state index contributed by atoms with van der Waals surface area (Å²) in [6.07, 6.45) is 1.80. The highest BCUT2D eigenvalue weighted by Gasteiger charge is 2.23. The van der Waals surface area contributed by atoms with Crippen molar-refractivity contribution in [3.05, 3.63) is 35.4 Å². The van der Waals surface area contributed by atoms with E-state index in [1.807, 2.05) is 12.1 Å². The second kappa shape index (κ2) is 11.7. The van der Waals surface area contributed by atoms with Crippen molar-refractivity contribution in [3.63, 3.8) is 0 Å². The summed E-state index contributed by atoms with van der Waals surface area (Å²) in [5.74, 6) is 0.129. The van der Waals surface area contributed by atoms with Crippen LogP contribution in [0.2, 0.25) is 0 Å². The van der Waals surface area contributed by atoms with Gasteiger partial charge in [-0.1, -0.05) is 38.1 Å². The van der Waals surface area contributed by atoms with Crippen LogP contribution < -0.4 is 10.6 Å². The zero-order valence-electron chi connectivity index (χ0n) is 14.0. The minimum absolute atomic E-state index is 0. The van der Waals surface area contributed by atoms with E-state index in [9.17, 15) is 4.79 Å². The van der Waals surface area contributed by atoms with Crippen molar-refractivity contribution in [3.8, 4) is 0 Å². The van der Waals surface area contributed by atoms with Gasteiger partial charge in [-0.05, 0) is 43.6 Å². The molecule has 1 aromatic carbocycles. The van der Waals surface area contributed by atoms with Gasteiger partial charge in [0.25, 0.3) is 0 Å². The molecule has 4 nitrogen and oxygen atoms in total. The average Bonchev–Trinajstić information content (AvgIpc) is 2.54. The number of hydrogen-bond acceptors (Lipinski definition) is 3. The summed E-state index contributed by atoms with van der Waals surface area (Å²) in [6, 6.07) is 8.25. The lowest BCUT2D eigenvalue weighted by Gasteiger charge is -2.25. The van der Waals surface area contributed by atoms with E-state index in [2.05, 4.69) is 41.5 Å². The first kappa shape index (κ1) is 22.2. The molecule has 2 rings (SSSR count). The Morgan fingerprint density at radius 2 is 1.87 bits per heavy atom. The van der Waals surface area contributed by atoms with Crippen molar-refractivity contribution >= 4 is 30.7 Å². The number of nitrogens with one attached hydrogen (secondary N) is 2. The van der Waals surface area contributed by atoms with Crippen molar-refractivity contribution in [1.82, 2.24) is 15.5 Å². The maximum absolute atomic E-state index is 12.2. The molecule has 23 heavy (non-hydrogen) atoms. The van der Waals surface area contributed by atoms with Gasteiger partial charge in [0.1, 0.15) is 0 Å². The highest BCUT2D eigenvalue weighted by atomic mass is 35.5. The molecule has 0 aliphatic carbocycles. The smallest absolute Gasteiger partial charge is 0.237 e. The predicted octanol–water partition coefficient (Wildman–Crippen LogP) is 2.39. The van der Waals surface area contributed by atoms with Crippen LogP contribution in [0.5, 0.6) is 0 Å². The van der Waals surface area contributed by atoms with E-state index in [-0.39, 0.29) is 36.8 Å². The molecule has 0 aromatic heterocycles. The Kier molecular flexibility index (Phi) is 11.3. The lowest BCUT2D eigenvalue weighted by atomic mass is 9.95. The molecule has 0 radical (unpaired) electrons. The molecular weight excluding hydrogens is 333 g/mol. The fourth-order valence-corrected chi connectivity index (χ4v) is 2.82. The topological polar surface area (TPSA) is 44.4 Å². The van der Waals surface area contributed by atoms with Crippen molar-refractivity contribution in [1.29, 1.82) is 0 Å². The third-order valence-corrected chi connectivity index (χ3v) is 4.24. The van der Waals surface area contributed by atoms with Gasteiger partial charge in [0.2, 0.25) is 5.91 Å². The third kappa shape index (κ3) is 6.68. The molecule has 0 saturated heterocycles. The summed E-state index contributed by atoms with van der Waals surface area (Å²) in [5, 5.41) is 6.38. The Morgan fingerprint density at radius 1 is 1.22 bits per heavy atom. The molecule has 1 aliphatic rings. The van der Waals surface area contributed by atoms with E-state index in [1.54, 1.807) is 0 Å². The summed E-state index contributed by atoms with van der Waals surface area (Å²) in [7, 11) is 0. The van der Waals surface area contributed by atoms with Crippen LogP contribution in [0.25, 0.3) is 0 Å². The number of hydrogen-bond donors (Lipinski definition) is 2. The maximum Gasteiger partial charge on any atom is 0.237 e. The minimum Gasteiger partial charge on any atom is -0.355 e. The van der Waals surface area contributed by atoms with Crippen LogP contribution in [-0.2, 0) is 17.8 Å². The second-order valence-electron chi connectivity index (χ2n) is 5.58. The number of amides is 1. The van der Waals surface area contributed by atoms with E-state index >= 15 is 0 Å². The minimum atomic E-state index is -0.0895. The molecular formula is C17H29Cl2N3O. The Bertz CT molecular complexity index is 467. The fraction of sp³-hybridized carbons (Fsp3) is 0.588. The SMILES string of the molecule is CCN(CC)CCCNC(=O)C1Cc2ccccc2CN1.Cl.Cl. The van der Waals surface area contributed by atoms with E-state index in [0.29, 0.717) is 0 Å². The van der Waals surface area contributed by atoms with Gasteiger partial charge in [-0.25, -0.2) is 0 Å². The molecule has 0 spiro atoms. The largest absolute Gasteiger partial charge is 0.355 e. The number of nitrogens with zero attached hydrogens (tertiary/aromatic N) is 1. The number of carbonyl (C=O) groups is 1. The molecule has 1 unspecified atom stereocenters. The number of benzene rings is 1. The van der Waals surface area contributed by atoms with Crippen molar-refractivity contribution in [2.75, 3.05) is 26.2 Å². The van der Waals surface area contributed by atoms with E-state index in [1.165, 1.54) is 11.1 Å².